The third kappa shape index (κ3) is 2.14. The summed E-state index contributed by atoms with van der Waals surface area (Å²) < 4.78 is 4.98. The van der Waals surface area contributed by atoms with Gasteiger partial charge < -0.3 is 9.72 Å². The van der Waals surface area contributed by atoms with Crippen molar-refractivity contribution in [1.29, 1.82) is 0 Å². The molecule has 0 saturated carbocycles. The van der Waals surface area contributed by atoms with Crippen LogP contribution in [0.3, 0.4) is 0 Å². The number of nitrogens with zero attached hydrogens (tertiary/aromatic N) is 2. The zero-order valence-corrected chi connectivity index (χ0v) is 10.8. The number of hydrogen-bond acceptors (Lipinski definition) is 4. The van der Waals surface area contributed by atoms with Gasteiger partial charge in [-0.2, -0.15) is 10.3 Å². The molecule has 2 aromatic heterocycles. The zero-order valence-electron chi connectivity index (χ0n) is 10.8. The first kappa shape index (κ1) is 12.0. The van der Waals surface area contributed by atoms with Gasteiger partial charge in [0.2, 0.25) is 0 Å². The Morgan fingerprint density at radius 2 is 2.21 bits per heavy atom. The molecule has 2 N–H and O–H groups in total. The number of nitrogens with one attached hydrogen (secondary N) is 2. The van der Waals surface area contributed by atoms with E-state index in [0.717, 1.165) is 18.5 Å². The third-order valence-electron chi connectivity index (χ3n) is 3.39. The topological polar surface area (TPSA) is 83.7 Å². The average molecular weight is 260 g/mol. The molecule has 2 aromatic rings. The minimum atomic E-state index is -0.446. The number of carbonyl (C=O) groups excluding carboxylic acids is 1. The first-order valence-corrected chi connectivity index (χ1v) is 6.58. The van der Waals surface area contributed by atoms with E-state index in [2.05, 4.69) is 26.5 Å². The Kier molecular flexibility index (Phi) is 3.06. The van der Waals surface area contributed by atoms with E-state index in [1.165, 1.54) is 24.1 Å². The van der Waals surface area contributed by atoms with Gasteiger partial charge in [0.15, 0.2) is 5.69 Å². The van der Waals surface area contributed by atoms with Crippen molar-refractivity contribution < 1.29 is 9.53 Å². The van der Waals surface area contributed by atoms with Crippen molar-refractivity contribution in [3.05, 3.63) is 23.0 Å². The quantitative estimate of drug-likeness (QED) is 0.825. The number of aromatic amines is 2. The molecular weight excluding hydrogens is 244 g/mol. The van der Waals surface area contributed by atoms with Crippen LogP contribution >= 0.6 is 0 Å². The lowest BCUT2D eigenvalue weighted by Gasteiger charge is -2.08. The molecule has 3 rings (SSSR count). The first-order chi connectivity index (χ1) is 9.29. The highest BCUT2D eigenvalue weighted by atomic mass is 16.5. The van der Waals surface area contributed by atoms with Gasteiger partial charge in [0, 0.05) is 5.69 Å². The van der Waals surface area contributed by atoms with Crippen LogP contribution in [0.5, 0.6) is 0 Å². The highest BCUT2D eigenvalue weighted by molar-refractivity contribution is 5.93. The van der Waals surface area contributed by atoms with Gasteiger partial charge in [-0.3, -0.25) is 0 Å². The number of H-pyrrole nitrogens is 2. The molecule has 0 fully saturated rings. The van der Waals surface area contributed by atoms with Gasteiger partial charge >= 0.3 is 5.97 Å². The lowest BCUT2D eigenvalue weighted by molar-refractivity contribution is 0.0520. The van der Waals surface area contributed by atoms with Gasteiger partial charge in [0.05, 0.1) is 12.3 Å². The van der Waals surface area contributed by atoms with Crippen LogP contribution in [0.25, 0.3) is 11.4 Å². The molecule has 0 aromatic carbocycles. The fourth-order valence-corrected chi connectivity index (χ4v) is 2.49. The fraction of sp³-hybridized carbons (Fsp3) is 0.462. The molecule has 0 radical (unpaired) electrons. The predicted molar refractivity (Wildman–Crippen MR) is 68.8 cm³/mol. The molecule has 19 heavy (non-hydrogen) atoms. The number of esters is 1. The van der Waals surface area contributed by atoms with Crippen LogP contribution in [0.15, 0.2) is 6.07 Å². The molecule has 0 bridgehead atoms. The number of aryl methyl sites for hydroxylation is 2. The molecule has 0 spiro atoms. The molecule has 0 saturated heterocycles. The van der Waals surface area contributed by atoms with Crippen molar-refractivity contribution in [2.45, 2.75) is 32.6 Å². The summed E-state index contributed by atoms with van der Waals surface area (Å²) in [5.41, 5.74) is 4.18. The van der Waals surface area contributed by atoms with Crippen molar-refractivity contribution in [3.8, 4) is 11.4 Å². The predicted octanol–water partition coefficient (Wildman–Crippen LogP) is 1.86. The van der Waals surface area contributed by atoms with Crippen molar-refractivity contribution in [2.75, 3.05) is 6.61 Å². The van der Waals surface area contributed by atoms with Gasteiger partial charge in [-0.05, 0) is 44.2 Å². The second kappa shape index (κ2) is 4.87. The molecule has 6 nitrogen and oxygen atoms in total. The highest BCUT2D eigenvalue weighted by Crippen LogP contribution is 2.27. The molecule has 0 aliphatic heterocycles. The Hall–Kier alpha value is -2.11. The lowest BCUT2D eigenvalue weighted by Crippen LogP contribution is -2.06. The van der Waals surface area contributed by atoms with Crippen molar-refractivity contribution >= 4 is 5.97 Å². The minimum Gasteiger partial charge on any atom is -0.461 e. The summed E-state index contributed by atoms with van der Waals surface area (Å²) in [7, 11) is 0. The summed E-state index contributed by atoms with van der Waals surface area (Å²) in [6.45, 7) is 2.09. The van der Waals surface area contributed by atoms with Crippen LogP contribution in [0, 0.1) is 0 Å². The van der Waals surface area contributed by atoms with Crippen molar-refractivity contribution in [3.63, 3.8) is 0 Å². The molecule has 2 heterocycles. The SMILES string of the molecule is CCOC(=O)c1n[nH]nc1-c1cc2c([nH]1)CCCC2. The fourth-order valence-electron chi connectivity index (χ4n) is 2.49. The summed E-state index contributed by atoms with van der Waals surface area (Å²) in [6.07, 6.45) is 4.56. The number of carbonyl (C=O) groups is 1. The Labute approximate surface area is 110 Å². The van der Waals surface area contributed by atoms with Crippen LogP contribution < -0.4 is 0 Å². The normalized spacial score (nSPS) is 14.2. The monoisotopic (exact) mass is 260 g/mol. The summed E-state index contributed by atoms with van der Waals surface area (Å²) in [5.74, 6) is -0.446. The Morgan fingerprint density at radius 1 is 1.37 bits per heavy atom. The third-order valence-corrected chi connectivity index (χ3v) is 3.39. The Bertz CT molecular complexity index is 576. The zero-order chi connectivity index (χ0) is 13.2. The molecular formula is C13H16N4O2. The van der Waals surface area contributed by atoms with Gasteiger partial charge in [0.25, 0.3) is 0 Å². The van der Waals surface area contributed by atoms with Gasteiger partial charge in [0.1, 0.15) is 5.69 Å². The molecule has 0 amide bonds. The Morgan fingerprint density at radius 3 is 3.00 bits per heavy atom. The number of fused-ring (bicyclic) bond motifs is 1. The second-order valence-electron chi connectivity index (χ2n) is 4.64. The average Bonchev–Trinajstić information content (AvgIpc) is 3.05. The molecule has 0 unspecified atom stereocenters. The van der Waals surface area contributed by atoms with E-state index in [1.807, 2.05) is 0 Å². The maximum Gasteiger partial charge on any atom is 0.361 e. The lowest BCUT2D eigenvalue weighted by atomic mass is 9.98. The van der Waals surface area contributed by atoms with Crippen LogP contribution in [0.1, 0.15) is 41.5 Å². The summed E-state index contributed by atoms with van der Waals surface area (Å²) in [6, 6.07) is 2.06. The summed E-state index contributed by atoms with van der Waals surface area (Å²) >= 11 is 0. The second-order valence-corrected chi connectivity index (χ2v) is 4.64. The van der Waals surface area contributed by atoms with Crippen LogP contribution in [0.2, 0.25) is 0 Å². The van der Waals surface area contributed by atoms with Gasteiger partial charge in [-0.25, -0.2) is 4.79 Å². The molecule has 1 aliphatic rings. The van der Waals surface area contributed by atoms with E-state index in [4.69, 9.17) is 4.74 Å². The summed E-state index contributed by atoms with van der Waals surface area (Å²) in [5, 5.41) is 10.4. The largest absolute Gasteiger partial charge is 0.461 e. The Balaban J connectivity index is 1.96. The number of ether oxygens (including phenoxy) is 1. The van der Waals surface area contributed by atoms with E-state index >= 15 is 0 Å². The van der Waals surface area contributed by atoms with Crippen LogP contribution in [-0.4, -0.2) is 33.0 Å². The molecule has 6 heteroatoms. The van der Waals surface area contributed by atoms with Gasteiger partial charge in [-0.1, -0.05) is 0 Å². The minimum absolute atomic E-state index is 0.237. The van der Waals surface area contributed by atoms with E-state index in [0.29, 0.717) is 12.3 Å². The molecule has 100 valence electrons. The van der Waals surface area contributed by atoms with Crippen molar-refractivity contribution in [1.82, 2.24) is 20.4 Å². The van der Waals surface area contributed by atoms with E-state index in [1.54, 1.807) is 6.92 Å². The maximum atomic E-state index is 11.8. The smallest absolute Gasteiger partial charge is 0.361 e. The molecule has 0 atom stereocenters. The molecule has 1 aliphatic carbocycles. The van der Waals surface area contributed by atoms with Crippen LogP contribution in [0.4, 0.5) is 0 Å². The van der Waals surface area contributed by atoms with E-state index < -0.39 is 5.97 Å². The van der Waals surface area contributed by atoms with Crippen molar-refractivity contribution in [2.24, 2.45) is 0 Å². The van der Waals surface area contributed by atoms with Gasteiger partial charge in [-0.15, -0.1) is 5.10 Å². The first-order valence-electron chi connectivity index (χ1n) is 6.58. The highest BCUT2D eigenvalue weighted by Gasteiger charge is 2.22. The standard InChI is InChI=1S/C13H16N4O2/c1-2-19-13(18)12-11(15-17-16-12)10-7-8-5-3-4-6-9(8)14-10/h7,14H,2-6H2,1H3,(H,15,16,17). The van der Waals surface area contributed by atoms with E-state index in [9.17, 15) is 4.79 Å². The summed E-state index contributed by atoms with van der Waals surface area (Å²) in [4.78, 5) is 15.1. The van der Waals surface area contributed by atoms with Crippen LogP contribution in [-0.2, 0) is 17.6 Å². The number of aromatic nitrogens is 4. The maximum absolute atomic E-state index is 11.8. The number of hydrogen-bond donors (Lipinski definition) is 2. The van der Waals surface area contributed by atoms with E-state index in [-0.39, 0.29) is 5.69 Å². The number of rotatable bonds is 3.